The van der Waals surface area contributed by atoms with Gasteiger partial charge in [-0.05, 0) is 32.4 Å². The summed E-state index contributed by atoms with van der Waals surface area (Å²) in [6.07, 6.45) is 0. The molecule has 0 radical (unpaired) electrons. The molecule has 0 aliphatic carbocycles. The van der Waals surface area contributed by atoms with Crippen molar-refractivity contribution in [3.63, 3.8) is 0 Å². The first-order valence-electron chi connectivity index (χ1n) is 8.24. The lowest BCUT2D eigenvalue weighted by atomic mass is 9.85. The zero-order valence-corrected chi connectivity index (χ0v) is 14.6. The summed E-state index contributed by atoms with van der Waals surface area (Å²) in [6, 6.07) is 17.0. The molecule has 0 amide bonds. The molecule has 1 aromatic heterocycles. The first kappa shape index (κ1) is 17.0. The fourth-order valence-corrected chi connectivity index (χ4v) is 2.99. The van der Waals surface area contributed by atoms with Gasteiger partial charge in [-0.2, -0.15) is 0 Å². The van der Waals surface area contributed by atoms with E-state index in [1.807, 2.05) is 61.5 Å². The number of Topliss-reactive ketones (excluding diaryl/α,β-unsaturated/α-hetero) is 1. The number of aromatic nitrogens is 1. The number of carbonyl (C=O) groups excluding carboxylic acids is 2. The van der Waals surface area contributed by atoms with E-state index in [0.717, 1.165) is 22.2 Å². The highest BCUT2D eigenvalue weighted by Gasteiger charge is 2.32. The minimum atomic E-state index is -0.809. The maximum Gasteiger partial charge on any atom is 0.316 e. The van der Waals surface area contributed by atoms with Crippen molar-refractivity contribution in [2.45, 2.75) is 26.2 Å². The number of rotatable bonds is 5. The minimum Gasteiger partial charge on any atom is -0.457 e. The van der Waals surface area contributed by atoms with Crippen LogP contribution < -0.4 is 0 Å². The molecular formula is C21H21NO3. The zero-order chi connectivity index (χ0) is 18.0. The molecular weight excluding hydrogens is 314 g/mol. The van der Waals surface area contributed by atoms with Crippen LogP contribution in [0.3, 0.4) is 0 Å². The largest absolute Gasteiger partial charge is 0.457 e. The number of aromatic amines is 1. The Labute approximate surface area is 146 Å². The number of esters is 1. The van der Waals surface area contributed by atoms with E-state index in [0.29, 0.717) is 5.56 Å². The van der Waals surface area contributed by atoms with Crippen molar-refractivity contribution in [3.05, 3.63) is 71.4 Å². The average molecular weight is 335 g/mol. The summed E-state index contributed by atoms with van der Waals surface area (Å²) in [5.41, 5.74) is 2.32. The maximum absolute atomic E-state index is 12.6. The van der Waals surface area contributed by atoms with E-state index in [9.17, 15) is 9.59 Å². The van der Waals surface area contributed by atoms with Crippen LogP contribution in [0.25, 0.3) is 10.9 Å². The van der Waals surface area contributed by atoms with Gasteiger partial charge in [0.05, 0.1) is 5.41 Å². The van der Waals surface area contributed by atoms with Crippen molar-refractivity contribution in [2.24, 2.45) is 0 Å². The van der Waals surface area contributed by atoms with Gasteiger partial charge in [0.25, 0.3) is 0 Å². The van der Waals surface area contributed by atoms with E-state index in [1.165, 1.54) is 0 Å². The van der Waals surface area contributed by atoms with Crippen molar-refractivity contribution in [1.29, 1.82) is 0 Å². The molecule has 0 unspecified atom stereocenters. The van der Waals surface area contributed by atoms with Gasteiger partial charge >= 0.3 is 5.97 Å². The van der Waals surface area contributed by atoms with Crippen LogP contribution in [0.4, 0.5) is 0 Å². The molecule has 4 nitrogen and oxygen atoms in total. The van der Waals surface area contributed by atoms with Crippen LogP contribution in [0.15, 0.2) is 54.6 Å². The third-order valence-corrected chi connectivity index (χ3v) is 4.51. The quantitative estimate of drug-likeness (QED) is 0.562. The van der Waals surface area contributed by atoms with Gasteiger partial charge in [0.1, 0.15) is 0 Å². The standard InChI is InChI=1S/C21H21NO3/c1-14-19(16-11-7-8-12-17(16)22-14)18(23)13-25-20(24)21(2,3)15-9-5-4-6-10-15/h4-12,22H,13H2,1-3H3. The molecule has 0 aliphatic rings. The number of H-pyrrole nitrogens is 1. The molecule has 3 aromatic rings. The molecule has 0 saturated carbocycles. The lowest BCUT2D eigenvalue weighted by Crippen LogP contribution is -2.32. The smallest absolute Gasteiger partial charge is 0.316 e. The molecule has 0 spiro atoms. The first-order valence-corrected chi connectivity index (χ1v) is 8.24. The van der Waals surface area contributed by atoms with Crippen molar-refractivity contribution < 1.29 is 14.3 Å². The fourth-order valence-electron chi connectivity index (χ4n) is 2.99. The highest BCUT2D eigenvalue weighted by molar-refractivity contribution is 6.10. The van der Waals surface area contributed by atoms with Crippen LogP contribution >= 0.6 is 0 Å². The summed E-state index contributed by atoms with van der Waals surface area (Å²) >= 11 is 0. The number of para-hydroxylation sites is 1. The van der Waals surface area contributed by atoms with Gasteiger partial charge in [0.15, 0.2) is 6.61 Å². The van der Waals surface area contributed by atoms with Crippen molar-refractivity contribution >= 4 is 22.7 Å². The molecule has 4 heteroatoms. The molecule has 0 fully saturated rings. The third-order valence-electron chi connectivity index (χ3n) is 4.51. The van der Waals surface area contributed by atoms with Gasteiger partial charge in [0, 0.05) is 22.2 Å². The molecule has 3 rings (SSSR count). The SMILES string of the molecule is Cc1[nH]c2ccccc2c1C(=O)COC(=O)C(C)(C)c1ccccc1. The molecule has 0 aliphatic heterocycles. The predicted molar refractivity (Wildman–Crippen MR) is 97.8 cm³/mol. The number of ketones is 1. The number of benzene rings is 2. The second-order valence-corrected chi connectivity index (χ2v) is 6.66. The van der Waals surface area contributed by atoms with E-state index in [2.05, 4.69) is 4.98 Å². The van der Waals surface area contributed by atoms with E-state index in [-0.39, 0.29) is 12.4 Å². The number of nitrogens with one attached hydrogen (secondary N) is 1. The second kappa shape index (κ2) is 6.55. The Hall–Kier alpha value is -2.88. The predicted octanol–water partition coefficient (Wildman–Crippen LogP) is 4.18. The van der Waals surface area contributed by atoms with Crippen LogP contribution in [0.2, 0.25) is 0 Å². The van der Waals surface area contributed by atoms with Gasteiger partial charge in [-0.25, -0.2) is 0 Å². The van der Waals surface area contributed by atoms with Crippen molar-refractivity contribution in [1.82, 2.24) is 4.98 Å². The number of hydrogen-bond acceptors (Lipinski definition) is 3. The summed E-state index contributed by atoms with van der Waals surface area (Å²) in [6.45, 7) is 5.18. The van der Waals surface area contributed by atoms with Crippen LogP contribution in [0.1, 0.15) is 35.5 Å². The Bertz CT molecular complexity index is 923. The van der Waals surface area contributed by atoms with Gasteiger partial charge in [-0.15, -0.1) is 0 Å². The van der Waals surface area contributed by atoms with Crippen molar-refractivity contribution in [3.8, 4) is 0 Å². The Morgan fingerprint density at radius 3 is 2.36 bits per heavy atom. The molecule has 1 heterocycles. The molecule has 25 heavy (non-hydrogen) atoms. The van der Waals surface area contributed by atoms with Gasteiger partial charge in [0.2, 0.25) is 5.78 Å². The maximum atomic E-state index is 12.6. The summed E-state index contributed by atoms with van der Waals surface area (Å²) in [4.78, 5) is 28.3. The monoisotopic (exact) mass is 335 g/mol. The lowest BCUT2D eigenvalue weighted by molar-refractivity contribution is -0.148. The minimum absolute atomic E-state index is 0.202. The average Bonchev–Trinajstić information content (AvgIpc) is 2.95. The second-order valence-electron chi connectivity index (χ2n) is 6.66. The molecule has 0 saturated heterocycles. The van der Waals surface area contributed by atoms with Crippen LogP contribution in [-0.2, 0) is 14.9 Å². The Morgan fingerprint density at radius 2 is 1.64 bits per heavy atom. The molecule has 2 aromatic carbocycles. The third kappa shape index (κ3) is 3.20. The van der Waals surface area contributed by atoms with E-state index in [1.54, 1.807) is 13.8 Å². The highest BCUT2D eigenvalue weighted by Crippen LogP contribution is 2.26. The van der Waals surface area contributed by atoms with Crippen LogP contribution in [-0.4, -0.2) is 23.3 Å². The topological polar surface area (TPSA) is 59.2 Å². The van der Waals surface area contributed by atoms with Crippen LogP contribution in [0, 0.1) is 6.92 Å². The van der Waals surface area contributed by atoms with Crippen LogP contribution in [0.5, 0.6) is 0 Å². The lowest BCUT2D eigenvalue weighted by Gasteiger charge is -2.22. The molecule has 0 atom stereocenters. The molecule has 1 N–H and O–H groups in total. The van der Waals surface area contributed by atoms with Gasteiger partial charge < -0.3 is 9.72 Å². The Kier molecular flexibility index (Phi) is 4.45. The van der Waals surface area contributed by atoms with E-state index < -0.39 is 11.4 Å². The zero-order valence-electron chi connectivity index (χ0n) is 14.6. The number of aryl methyl sites for hydroxylation is 1. The van der Waals surface area contributed by atoms with Gasteiger partial charge in [-0.1, -0.05) is 48.5 Å². The molecule has 0 bridgehead atoms. The van der Waals surface area contributed by atoms with Crippen molar-refractivity contribution in [2.75, 3.05) is 6.61 Å². The fraction of sp³-hybridized carbons (Fsp3) is 0.238. The summed E-state index contributed by atoms with van der Waals surface area (Å²) in [7, 11) is 0. The summed E-state index contributed by atoms with van der Waals surface area (Å²) in [5.74, 6) is -0.614. The summed E-state index contributed by atoms with van der Waals surface area (Å²) in [5, 5.41) is 0.850. The number of ether oxygens (including phenoxy) is 1. The highest BCUT2D eigenvalue weighted by atomic mass is 16.5. The number of hydrogen-bond donors (Lipinski definition) is 1. The Morgan fingerprint density at radius 1 is 1.00 bits per heavy atom. The normalized spacial score (nSPS) is 11.5. The number of fused-ring (bicyclic) bond motifs is 1. The molecule has 128 valence electrons. The Balaban J connectivity index is 1.76. The van der Waals surface area contributed by atoms with E-state index >= 15 is 0 Å². The summed E-state index contributed by atoms with van der Waals surface area (Å²) < 4.78 is 5.35. The first-order chi connectivity index (χ1) is 11.9. The van der Waals surface area contributed by atoms with Gasteiger partial charge in [-0.3, -0.25) is 9.59 Å². The number of carbonyl (C=O) groups is 2. The van der Waals surface area contributed by atoms with E-state index in [4.69, 9.17) is 4.74 Å².